The summed E-state index contributed by atoms with van der Waals surface area (Å²) in [5.41, 5.74) is 3.04. The SMILES string of the molecule is CN(C)C1CCN(c2ccc(CBr)cc2C#N)CC1. The van der Waals surface area contributed by atoms with Gasteiger partial charge in [0.2, 0.25) is 0 Å². The van der Waals surface area contributed by atoms with Crippen LogP contribution in [-0.2, 0) is 5.33 Å². The van der Waals surface area contributed by atoms with Gasteiger partial charge in [-0.25, -0.2) is 0 Å². The van der Waals surface area contributed by atoms with Crippen LogP contribution in [-0.4, -0.2) is 38.1 Å². The first-order valence-corrected chi connectivity index (χ1v) is 7.78. The van der Waals surface area contributed by atoms with Gasteiger partial charge in [-0.05, 0) is 44.6 Å². The van der Waals surface area contributed by atoms with Gasteiger partial charge in [0.1, 0.15) is 6.07 Å². The highest BCUT2D eigenvalue weighted by molar-refractivity contribution is 9.08. The van der Waals surface area contributed by atoms with Crippen LogP contribution in [0.1, 0.15) is 24.0 Å². The summed E-state index contributed by atoms with van der Waals surface area (Å²) in [6, 6.07) is 9.18. The molecule has 0 radical (unpaired) electrons. The molecule has 1 saturated heterocycles. The highest BCUT2D eigenvalue weighted by Crippen LogP contribution is 2.26. The lowest BCUT2D eigenvalue weighted by Gasteiger charge is -2.36. The van der Waals surface area contributed by atoms with E-state index in [1.165, 1.54) is 0 Å². The molecule has 3 nitrogen and oxygen atoms in total. The Labute approximate surface area is 123 Å². The summed E-state index contributed by atoms with van der Waals surface area (Å²) in [6.07, 6.45) is 2.33. The average molecular weight is 322 g/mol. The molecule has 0 atom stereocenters. The zero-order chi connectivity index (χ0) is 13.8. The van der Waals surface area contributed by atoms with Gasteiger partial charge in [0.25, 0.3) is 0 Å². The van der Waals surface area contributed by atoms with Gasteiger partial charge in [-0.3, -0.25) is 0 Å². The number of nitriles is 1. The fraction of sp³-hybridized carbons (Fsp3) is 0.533. The molecule has 2 rings (SSSR count). The monoisotopic (exact) mass is 321 g/mol. The summed E-state index contributed by atoms with van der Waals surface area (Å²) >= 11 is 3.44. The summed E-state index contributed by atoms with van der Waals surface area (Å²) in [7, 11) is 4.29. The minimum atomic E-state index is 0.670. The molecule has 1 aromatic carbocycles. The van der Waals surface area contributed by atoms with Gasteiger partial charge in [-0.1, -0.05) is 22.0 Å². The molecule has 1 fully saturated rings. The summed E-state index contributed by atoms with van der Waals surface area (Å²) in [6.45, 7) is 2.07. The number of nitrogens with zero attached hydrogens (tertiary/aromatic N) is 3. The van der Waals surface area contributed by atoms with E-state index in [1.54, 1.807) is 0 Å². The molecule has 4 heteroatoms. The van der Waals surface area contributed by atoms with Gasteiger partial charge in [-0.2, -0.15) is 5.26 Å². The maximum Gasteiger partial charge on any atom is 0.101 e. The molecule has 0 spiro atoms. The molecular weight excluding hydrogens is 302 g/mol. The first-order valence-electron chi connectivity index (χ1n) is 6.66. The third kappa shape index (κ3) is 3.29. The van der Waals surface area contributed by atoms with Gasteiger partial charge in [0.05, 0.1) is 11.3 Å². The summed E-state index contributed by atoms with van der Waals surface area (Å²) in [5.74, 6) is 0. The Morgan fingerprint density at radius 3 is 2.58 bits per heavy atom. The minimum Gasteiger partial charge on any atom is -0.370 e. The first kappa shape index (κ1) is 14.4. The quantitative estimate of drug-likeness (QED) is 0.802. The highest BCUT2D eigenvalue weighted by Gasteiger charge is 2.22. The average Bonchev–Trinajstić information content (AvgIpc) is 2.46. The van der Waals surface area contributed by atoms with Crippen LogP contribution in [0.3, 0.4) is 0 Å². The molecule has 102 valence electrons. The Balaban J connectivity index is 2.13. The highest BCUT2D eigenvalue weighted by atomic mass is 79.9. The van der Waals surface area contributed by atoms with E-state index in [2.05, 4.69) is 58.0 Å². The van der Waals surface area contributed by atoms with Crippen molar-refractivity contribution in [2.45, 2.75) is 24.2 Å². The van der Waals surface area contributed by atoms with Crippen molar-refractivity contribution in [1.29, 1.82) is 5.26 Å². The largest absolute Gasteiger partial charge is 0.370 e. The lowest BCUT2D eigenvalue weighted by Crippen LogP contribution is -2.42. The second kappa shape index (κ2) is 6.40. The molecular formula is C15H20BrN3. The van der Waals surface area contributed by atoms with E-state index in [0.717, 1.165) is 48.1 Å². The van der Waals surface area contributed by atoms with Crippen molar-refractivity contribution in [3.05, 3.63) is 29.3 Å². The van der Waals surface area contributed by atoms with Crippen molar-refractivity contribution in [2.24, 2.45) is 0 Å². The zero-order valence-electron chi connectivity index (χ0n) is 11.6. The smallest absolute Gasteiger partial charge is 0.101 e. The van der Waals surface area contributed by atoms with Gasteiger partial charge >= 0.3 is 0 Å². The number of piperidine rings is 1. The van der Waals surface area contributed by atoms with Crippen molar-refractivity contribution in [3.63, 3.8) is 0 Å². The van der Waals surface area contributed by atoms with Gasteiger partial charge in [-0.15, -0.1) is 0 Å². The van der Waals surface area contributed by atoms with Crippen LogP contribution in [0.25, 0.3) is 0 Å². The normalized spacial score (nSPS) is 16.7. The molecule has 0 N–H and O–H groups in total. The zero-order valence-corrected chi connectivity index (χ0v) is 13.2. The van der Waals surface area contributed by atoms with E-state index in [0.29, 0.717) is 6.04 Å². The second-order valence-electron chi connectivity index (χ2n) is 5.28. The molecule has 0 bridgehead atoms. The maximum absolute atomic E-state index is 9.31. The topological polar surface area (TPSA) is 30.3 Å². The van der Waals surface area contributed by atoms with Crippen LogP contribution < -0.4 is 4.90 Å². The standard InChI is InChI=1S/C15H20BrN3/c1-18(2)14-5-7-19(8-6-14)15-4-3-12(10-16)9-13(15)11-17/h3-4,9,14H,5-8,10H2,1-2H3. The van der Waals surface area contributed by atoms with Crippen LogP contribution in [0.2, 0.25) is 0 Å². The Bertz CT molecular complexity index is 471. The number of rotatable bonds is 3. The number of benzene rings is 1. The fourth-order valence-electron chi connectivity index (χ4n) is 2.65. The Morgan fingerprint density at radius 2 is 2.05 bits per heavy atom. The maximum atomic E-state index is 9.31. The van der Waals surface area contributed by atoms with Crippen molar-refractivity contribution >= 4 is 21.6 Å². The predicted octanol–water partition coefficient (Wildman–Crippen LogP) is 2.98. The molecule has 0 saturated carbocycles. The van der Waals surface area contributed by atoms with Crippen molar-refractivity contribution < 1.29 is 0 Å². The molecule has 1 aromatic rings. The van der Waals surface area contributed by atoms with Gasteiger partial charge in [0.15, 0.2) is 0 Å². The predicted molar refractivity (Wildman–Crippen MR) is 82.7 cm³/mol. The minimum absolute atomic E-state index is 0.670. The summed E-state index contributed by atoms with van der Waals surface area (Å²) in [5, 5.41) is 10.1. The molecule has 19 heavy (non-hydrogen) atoms. The van der Waals surface area contributed by atoms with Crippen molar-refractivity contribution in [3.8, 4) is 6.07 Å². The number of halogens is 1. The van der Waals surface area contributed by atoms with E-state index >= 15 is 0 Å². The Morgan fingerprint density at radius 1 is 1.37 bits per heavy atom. The Kier molecular flexibility index (Phi) is 4.84. The number of hydrogen-bond acceptors (Lipinski definition) is 3. The van der Waals surface area contributed by atoms with Crippen molar-refractivity contribution in [2.75, 3.05) is 32.1 Å². The second-order valence-corrected chi connectivity index (χ2v) is 5.84. The lowest BCUT2D eigenvalue weighted by molar-refractivity contribution is 0.249. The Hall–Kier alpha value is -1.05. The molecule has 0 unspecified atom stereocenters. The van der Waals surface area contributed by atoms with Gasteiger partial charge < -0.3 is 9.80 Å². The van der Waals surface area contributed by atoms with E-state index in [4.69, 9.17) is 0 Å². The van der Waals surface area contributed by atoms with E-state index in [9.17, 15) is 5.26 Å². The summed E-state index contributed by atoms with van der Waals surface area (Å²) in [4.78, 5) is 4.65. The van der Waals surface area contributed by atoms with Crippen LogP contribution in [0.5, 0.6) is 0 Å². The number of anilines is 1. The van der Waals surface area contributed by atoms with Crippen molar-refractivity contribution in [1.82, 2.24) is 4.90 Å². The molecule has 0 amide bonds. The number of hydrogen-bond donors (Lipinski definition) is 0. The molecule has 0 aliphatic carbocycles. The van der Waals surface area contributed by atoms with Crippen LogP contribution >= 0.6 is 15.9 Å². The molecule has 1 heterocycles. The van der Waals surface area contributed by atoms with Gasteiger partial charge in [0, 0.05) is 24.5 Å². The third-order valence-electron chi connectivity index (χ3n) is 3.87. The van der Waals surface area contributed by atoms with Crippen LogP contribution in [0, 0.1) is 11.3 Å². The number of alkyl halides is 1. The van der Waals surface area contributed by atoms with E-state index < -0.39 is 0 Å². The van der Waals surface area contributed by atoms with E-state index in [1.807, 2.05) is 6.07 Å². The van der Waals surface area contributed by atoms with Crippen LogP contribution in [0.4, 0.5) is 5.69 Å². The first-order chi connectivity index (χ1) is 9.15. The van der Waals surface area contributed by atoms with Crippen LogP contribution in [0.15, 0.2) is 18.2 Å². The molecule has 1 aliphatic heterocycles. The molecule has 1 aliphatic rings. The van der Waals surface area contributed by atoms with E-state index in [-0.39, 0.29) is 0 Å². The summed E-state index contributed by atoms with van der Waals surface area (Å²) < 4.78 is 0. The third-order valence-corrected chi connectivity index (χ3v) is 4.52. The fourth-order valence-corrected chi connectivity index (χ4v) is 3.00. The lowest BCUT2D eigenvalue weighted by atomic mass is 10.0. The molecule has 0 aromatic heterocycles.